The highest BCUT2D eigenvalue weighted by Crippen LogP contribution is 2.20. The summed E-state index contributed by atoms with van der Waals surface area (Å²) < 4.78 is 0.903. The van der Waals surface area contributed by atoms with E-state index in [0.29, 0.717) is 6.54 Å². The van der Waals surface area contributed by atoms with Crippen LogP contribution in [0.4, 0.5) is 11.4 Å². The van der Waals surface area contributed by atoms with Crippen LogP contribution in [0.2, 0.25) is 0 Å². The Hall–Kier alpha value is -2.14. The van der Waals surface area contributed by atoms with Gasteiger partial charge >= 0.3 is 0 Å². The van der Waals surface area contributed by atoms with Crippen LogP contribution in [0.3, 0.4) is 0 Å². The molecular weight excluding hydrogens is 356 g/mol. The van der Waals surface area contributed by atoms with Crippen LogP contribution < -0.4 is 10.2 Å². The van der Waals surface area contributed by atoms with E-state index in [-0.39, 0.29) is 18.2 Å². The second-order valence-corrected chi connectivity index (χ2v) is 6.18. The first-order chi connectivity index (χ1) is 11.0. The van der Waals surface area contributed by atoms with Crippen molar-refractivity contribution in [3.8, 4) is 0 Å². The van der Waals surface area contributed by atoms with Crippen molar-refractivity contribution in [2.45, 2.75) is 20.3 Å². The van der Waals surface area contributed by atoms with E-state index in [1.165, 1.54) is 6.92 Å². The standard InChI is InChI=1S/C18H19BrN2O2/c1-13-6-3-4-9-17(13)21(14(2)22)11-10-18(23)20-16-8-5-7-15(19)12-16/h3-9,12H,10-11H2,1-2H3,(H,20,23). The SMILES string of the molecule is CC(=O)N(CCC(=O)Nc1cccc(Br)c1)c1ccccc1C. The Morgan fingerprint density at radius 2 is 1.87 bits per heavy atom. The lowest BCUT2D eigenvalue weighted by Crippen LogP contribution is -2.32. The van der Waals surface area contributed by atoms with Gasteiger partial charge in [0.25, 0.3) is 0 Å². The summed E-state index contributed by atoms with van der Waals surface area (Å²) in [5.74, 6) is -0.197. The van der Waals surface area contributed by atoms with Gasteiger partial charge < -0.3 is 10.2 Å². The number of rotatable bonds is 5. The van der Waals surface area contributed by atoms with E-state index in [9.17, 15) is 9.59 Å². The maximum Gasteiger partial charge on any atom is 0.226 e. The lowest BCUT2D eigenvalue weighted by molar-refractivity contribution is -0.117. The molecule has 2 amide bonds. The fourth-order valence-corrected chi connectivity index (χ4v) is 2.72. The van der Waals surface area contributed by atoms with Crippen LogP contribution in [-0.4, -0.2) is 18.4 Å². The van der Waals surface area contributed by atoms with E-state index in [1.807, 2.05) is 55.5 Å². The number of carbonyl (C=O) groups is 2. The first-order valence-electron chi connectivity index (χ1n) is 7.36. The summed E-state index contributed by atoms with van der Waals surface area (Å²) in [7, 11) is 0. The number of aryl methyl sites for hydroxylation is 1. The molecule has 0 atom stereocenters. The summed E-state index contributed by atoms with van der Waals surface area (Å²) in [4.78, 5) is 25.6. The van der Waals surface area contributed by atoms with Gasteiger partial charge in [0.05, 0.1) is 0 Å². The summed E-state index contributed by atoms with van der Waals surface area (Å²) in [6, 6.07) is 15.1. The number of benzene rings is 2. The second kappa shape index (κ2) is 7.92. The molecule has 4 nitrogen and oxygen atoms in total. The highest BCUT2D eigenvalue weighted by molar-refractivity contribution is 9.10. The average Bonchev–Trinajstić information content (AvgIpc) is 2.49. The van der Waals surface area contributed by atoms with Gasteiger partial charge in [0.15, 0.2) is 0 Å². The van der Waals surface area contributed by atoms with Gasteiger partial charge in [-0.3, -0.25) is 9.59 Å². The van der Waals surface area contributed by atoms with Gasteiger partial charge in [-0.1, -0.05) is 40.2 Å². The maximum absolute atomic E-state index is 12.1. The van der Waals surface area contributed by atoms with Crippen molar-refractivity contribution in [2.75, 3.05) is 16.8 Å². The molecule has 0 bridgehead atoms. The van der Waals surface area contributed by atoms with E-state index in [1.54, 1.807) is 4.90 Å². The first-order valence-corrected chi connectivity index (χ1v) is 8.16. The number of hydrogen-bond donors (Lipinski definition) is 1. The van der Waals surface area contributed by atoms with E-state index in [0.717, 1.165) is 21.4 Å². The summed E-state index contributed by atoms with van der Waals surface area (Å²) in [5.41, 5.74) is 2.58. The monoisotopic (exact) mass is 374 g/mol. The fraction of sp³-hybridized carbons (Fsp3) is 0.222. The molecule has 0 aromatic heterocycles. The van der Waals surface area contributed by atoms with Crippen molar-refractivity contribution in [3.05, 3.63) is 58.6 Å². The van der Waals surface area contributed by atoms with Crippen LogP contribution in [0.25, 0.3) is 0 Å². The third kappa shape index (κ3) is 4.93. The van der Waals surface area contributed by atoms with Gasteiger partial charge in [0.2, 0.25) is 11.8 Å². The number of amides is 2. The van der Waals surface area contributed by atoms with E-state index in [4.69, 9.17) is 0 Å². The molecule has 2 aromatic carbocycles. The first kappa shape index (κ1) is 17.2. The zero-order valence-electron chi connectivity index (χ0n) is 13.2. The molecule has 0 fully saturated rings. The van der Waals surface area contributed by atoms with Crippen LogP contribution in [0, 0.1) is 6.92 Å². The maximum atomic E-state index is 12.1. The normalized spacial score (nSPS) is 10.2. The molecule has 0 unspecified atom stereocenters. The van der Waals surface area contributed by atoms with Gasteiger partial charge in [-0.2, -0.15) is 0 Å². The highest BCUT2D eigenvalue weighted by atomic mass is 79.9. The third-order valence-corrected chi connectivity index (χ3v) is 3.95. The van der Waals surface area contributed by atoms with Gasteiger partial charge in [-0.05, 0) is 36.8 Å². The molecule has 1 N–H and O–H groups in total. The number of anilines is 2. The lowest BCUT2D eigenvalue weighted by atomic mass is 10.1. The predicted molar refractivity (Wildman–Crippen MR) is 96.6 cm³/mol. The Kier molecular flexibility index (Phi) is 5.93. The van der Waals surface area contributed by atoms with Crippen molar-refractivity contribution >= 4 is 39.1 Å². The minimum Gasteiger partial charge on any atom is -0.326 e. The summed E-state index contributed by atoms with van der Waals surface area (Å²) >= 11 is 3.37. The predicted octanol–water partition coefficient (Wildman–Crippen LogP) is 4.14. The number of halogens is 1. The van der Waals surface area contributed by atoms with Crippen LogP contribution >= 0.6 is 15.9 Å². The van der Waals surface area contributed by atoms with E-state index >= 15 is 0 Å². The smallest absolute Gasteiger partial charge is 0.226 e. The molecule has 23 heavy (non-hydrogen) atoms. The molecular formula is C18H19BrN2O2. The molecule has 120 valence electrons. The lowest BCUT2D eigenvalue weighted by Gasteiger charge is -2.22. The Balaban J connectivity index is 2.00. The zero-order chi connectivity index (χ0) is 16.8. The van der Waals surface area contributed by atoms with Gasteiger partial charge in [-0.15, -0.1) is 0 Å². The Labute approximate surface area is 144 Å². The van der Waals surface area contributed by atoms with Crippen LogP contribution in [0.1, 0.15) is 18.9 Å². The molecule has 0 saturated heterocycles. The van der Waals surface area contributed by atoms with Gasteiger partial charge in [0.1, 0.15) is 0 Å². The van der Waals surface area contributed by atoms with E-state index in [2.05, 4.69) is 21.2 Å². The zero-order valence-corrected chi connectivity index (χ0v) is 14.8. The Morgan fingerprint density at radius 1 is 1.13 bits per heavy atom. The van der Waals surface area contributed by atoms with Crippen LogP contribution in [0.15, 0.2) is 53.0 Å². The molecule has 5 heteroatoms. The number of para-hydroxylation sites is 1. The third-order valence-electron chi connectivity index (χ3n) is 3.46. The molecule has 2 rings (SSSR count). The number of nitrogens with zero attached hydrogens (tertiary/aromatic N) is 1. The van der Waals surface area contributed by atoms with Crippen LogP contribution in [-0.2, 0) is 9.59 Å². The average molecular weight is 375 g/mol. The fourth-order valence-electron chi connectivity index (χ4n) is 2.32. The summed E-state index contributed by atoms with van der Waals surface area (Å²) in [6.07, 6.45) is 0.237. The molecule has 0 radical (unpaired) electrons. The van der Waals surface area contributed by atoms with Crippen molar-refractivity contribution < 1.29 is 9.59 Å². The molecule has 0 heterocycles. The molecule has 0 saturated carbocycles. The molecule has 0 aliphatic carbocycles. The molecule has 0 aliphatic rings. The van der Waals surface area contributed by atoms with Gasteiger partial charge in [0, 0.05) is 35.7 Å². The second-order valence-electron chi connectivity index (χ2n) is 5.27. The summed E-state index contributed by atoms with van der Waals surface area (Å²) in [5, 5.41) is 2.84. The van der Waals surface area contributed by atoms with Crippen molar-refractivity contribution in [1.82, 2.24) is 0 Å². The summed E-state index contributed by atoms with van der Waals surface area (Å²) in [6.45, 7) is 3.81. The highest BCUT2D eigenvalue weighted by Gasteiger charge is 2.15. The number of carbonyl (C=O) groups excluding carboxylic acids is 2. The van der Waals surface area contributed by atoms with E-state index < -0.39 is 0 Å². The quantitative estimate of drug-likeness (QED) is 0.854. The number of hydrogen-bond acceptors (Lipinski definition) is 2. The molecule has 0 aliphatic heterocycles. The molecule has 0 spiro atoms. The minimum atomic E-state index is -0.122. The van der Waals surface area contributed by atoms with Crippen molar-refractivity contribution in [1.29, 1.82) is 0 Å². The Morgan fingerprint density at radius 3 is 2.52 bits per heavy atom. The van der Waals surface area contributed by atoms with Gasteiger partial charge in [-0.25, -0.2) is 0 Å². The molecule has 2 aromatic rings. The van der Waals surface area contributed by atoms with Crippen LogP contribution in [0.5, 0.6) is 0 Å². The number of nitrogens with one attached hydrogen (secondary N) is 1. The van der Waals surface area contributed by atoms with Crippen molar-refractivity contribution in [2.24, 2.45) is 0 Å². The Bertz CT molecular complexity index is 716. The minimum absolute atomic E-state index is 0.0745. The largest absolute Gasteiger partial charge is 0.326 e. The topological polar surface area (TPSA) is 49.4 Å². The van der Waals surface area contributed by atoms with Crippen molar-refractivity contribution in [3.63, 3.8) is 0 Å².